The summed E-state index contributed by atoms with van der Waals surface area (Å²) in [7, 11) is 0.688. The van der Waals surface area contributed by atoms with E-state index in [1.807, 2.05) is 46.8 Å². The molecule has 2 heterocycles. The predicted octanol–water partition coefficient (Wildman–Crippen LogP) is 3.19. The highest BCUT2D eigenvalue weighted by atomic mass is 16.7. The number of esters is 1. The molecule has 0 spiro atoms. The van der Waals surface area contributed by atoms with Gasteiger partial charge in [-0.1, -0.05) is 6.07 Å². The maximum Gasteiger partial charge on any atom is 0.495 e. The van der Waals surface area contributed by atoms with E-state index in [2.05, 4.69) is 20.6 Å². The van der Waals surface area contributed by atoms with Crippen molar-refractivity contribution in [1.82, 2.24) is 9.97 Å². The van der Waals surface area contributed by atoms with E-state index in [4.69, 9.17) is 14.0 Å². The number of methoxy groups -OCH3 is 1. The minimum Gasteiger partial charge on any atom is -0.465 e. The third-order valence-corrected chi connectivity index (χ3v) is 6.11. The van der Waals surface area contributed by atoms with Gasteiger partial charge in [0.15, 0.2) is 0 Å². The number of hydrogen-bond donors (Lipinski definition) is 2. The molecule has 1 aliphatic carbocycles. The van der Waals surface area contributed by atoms with E-state index in [0.717, 1.165) is 24.2 Å². The molecule has 31 heavy (non-hydrogen) atoms. The van der Waals surface area contributed by atoms with Gasteiger partial charge in [0.1, 0.15) is 5.82 Å². The smallest absolute Gasteiger partial charge is 0.465 e. The Bertz CT molecular complexity index is 991. The van der Waals surface area contributed by atoms with Crippen molar-refractivity contribution < 1.29 is 18.8 Å². The molecule has 2 N–H and O–H groups in total. The molecular formula is C22H29BN4O4. The van der Waals surface area contributed by atoms with E-state index < -0.39 is 24.3 Å². The van der Waals surface area contributed by atoms with Gasteiger partial charge >= 0.3 is 13.1 Å². The molecule has 0 unspecified atom stereocenters. The second-order valence-electron chi connectivity index (χ2n) is 9.15. The first-order chi connectivity index (χ1) is 14.6. The van der Waals surface area contributed by atoms with Crippen LogP contribution in [0.3, 0.4) is 0 Å². The standard InChI is InChI=1S/C22H29BN4O4/c1-13-12-24-20(27-18(13)25-14-7-8-14)26-15-9-10-17(16(11-15)19(28)29-6)23-30-21(2,3)22(4,5)31-23/h9-12,14H,7-8H2,1-6H3,(H2,24,25,26,27). The second-order valence-corrected chi connectivity index (χ2v) is 9.15. The van der Waals surface area contributed by atoms with Crippen LogP contribution in [-0.4, -0.2) is 47.4 Å². The molecule has 1 aliphatic heterocycles. The van der Waals surface area contributed by atoms with Crippen LogP contribution in [0.5, 0.6) is 0 Å². The number of nitrogens with one attached hydrogen (secondary N) is 2. The van der Waals surface area contributed by atoms with Crippen LogP contribution < -0.4 is 16.1 Å². The molecule has 0 radical (unpaired) electrons. The lowest BCUT2D eigenvalue weighted by molar-refractivity contribution is 0.00578. The van der Waals surface area contributed by atoms with E-state index >= 15 is 0 Å². The molecule has 0 amide bonds. The first-order valence-corrected chi connectivity index (χ1v) is 10.5. The first-order valence-electron chi connectivity index (χ1n) is 10.5. The van der Waals surface area contributed by atoms with Crippen molar-refractivity contribution >= 4 is 36.0 Å². The molecule has 0 bridgehead atoms. The van der Waals surface area contributed by atoms with Crippen LogP contribution in [0, 0.1) is 6.92 Å². The minimum absolute atomic E-state index is 0.370. The van der Waals surface area contributed by atoms with Crippen molar-refractivity contribution in [1.29, 1.82) is 0 Å². The maximum absolute atomic E-state index is 12.5. The fourth-order valence-electron chi connectivity index (χ4n) is 3.29. The van der Waals surface area contributed by atoms with E-state index in [-0.39, 0.29) is 0 Å². The van der Waals surface area contributed by atoms with Gasteiger partial charge in [0, 0.05) is 23.5 Å². The van der Waals surface area contributed by atoms with Crippen molar-refractivity contribution in [3.05, 3.63) is 35.5 Å². The summed E-state index contributed by atoms with van der Waals surface area (Å²) in [6.45, 7) is 9.88. The lowest BCUT2D eigenvalue weighted by Gasteiger charge is -2.32. The number of nitrogens with zero attached hydrogens (tertiary/aromatic N) is 2. The van der Waals surface area contributed by atoms with E-state index in [9.17, 15) is 4.79 Å². The van der Waals surface area contributed by atoms with Gasteiger partial charge in [0.05, 0.1) is 23.9 Å². The molecule has 2 aliphatic rings. The monoisotopic (exact) mass is 424 g/mol. The topological polar surface area (TPSA) is 94.6 Å². The van der Waals surface area contributed by atoms with Crippen molar-refractivity contribution in [2.75, 3.05) is 17.7 Å². The minimum atomic E-state index is -0.668. The highest BCUT2D eigenvalue weighted by Crippen LogP contribution is 2.37. The molecule has 8 nitrogen and oxygen atoms in total. The summed E-state index contributed by atoms with van der Waals surface area (Å²) in [4.78, 5) is 21.5. The molecule has 0 atom stereocenters. The van der Waals surface area contributed by atoms with Gasteiger partial charge in [-0.05, 0) is 65.1 Å². The van der Waals surface area contributed by atoms with Gasteiger partial charge < -0.3 is 24.7 Å². The van der Waals surface area contributed by atoms with E-state index in [1.165, 1.54) is 7.11 Å². The molecule has 2 aromatic rings. The lowest BCUT2D eigenvalue weighted by atomic mass is 9.75. The zero-order valence-corrected chi connectivity index (χ0v) is 18.9. The Hall–Kier alpha value is -2.65. The average molecular weight is 424 g/mol. The summed E-state index contributed by atoms with van der Waals surface area (Å²) in [6, 6.07) is 5.87. The first kappa shape index (κ1) is 21.6. The van der Waals surface area contributed by atoms with E-state index in [0.29, 0.717) is 28.7 Å². The van der Waals surface area contributed by atoms with Crippen molar-refractivity contribution in [3.63, 3.8) is 0 Å². The highest BCUT2D eigenvalue weighted by Gasteiger charge is 2.52. The molecule has 164 valence electrons. The van der Waals surface area contributed by atoms with Gasteiger partial charge in [-0.3, -0.25) is 0 Å². The number of aryl methyl sites for hydroxylation is 1. The number of carbonyl (C=O) groups is 1. The summed E-state index contributed by atoms with van der Waals surface area (Å²) in [5, 5.41) is 6.60. The third kappa shape index (κ3) is 4.38. The van der Waals surface area contributed by atoms with Gasteiger partial charge in [-0.25, -0.2) is 9.78 Å². The van der Waals surface area contributed by atoms with Crippen molar-refractivity contribution in [2.24, 2.45) is 0 Å². The van der Waals surface area contributed by atoms with Crippen LogP contribution in [0.1, 0.15) is 56.5 Å². The fraction of sp³-hybridized carbons (Fsp3) is 0.500. The summed E-state index contributed by atoms with van der Waals surface area (Å²) in [6.07, 6.45) is 4.10. The molecule has 1 saturated heterocycles. The Morgan fingerprint density at radius 3 is 2.48 bits per heavy atom. The molecule has 2 fully saturated rings. The van der Waals surface area contributed by atoms with E-state index in [1.54, 1.807) is 12.3 Å². The Kier molecular flexibility index (Phi) is 5.43. The molecule has 1 saturated carbocycles. The van der Waals surface area contributed by atoms with Crippen molar-refractivity contribution in [3.8, 4) is 0 Å². The number of anilines is 3. The van der Waals surface area contributed by atoms with Crippen LogP contribution in [0.2, 0.25) is 0 Å². The number of ether oxygens (including phenoxy) is 1. The van der Waals surface area contributed by atoms with Gasteiger partial charge in [0.2, 0.25) is 5.95 Å². The largest absolute Gasteiger partial charge is 0.495 e. The van der Waals surface area contributed by atoms with Gasteiger partial charge in [-0.2, -0.15) is 4.98 Å². The predicted molar refractivity (Wildman–Crippen MR) is 120 cm³/mol. The van der Waals surface area contributed by atoms with Crippen LogP contribution in [0.4, 0.5) is 17.5 Å². The summed E-state index contributed by atoms with van der Waals surface area (Å²) in [5.74, 6) is 0.809. The van der Waals surface area contributed by atoms with Crippen LogP contribution >= 0.6 is 0 Å². The molecule has 1 aromatic heterocycles. The van der Waals surface area contributed by atoms with Gasteiger partial charge in [0.25, 0.3) is 0 Å². The SMILES string of the molecule is COC(=O)c1cc(Nc2ncc(C)c(NC3CC3)n2)ccc1B1OC(C)(C)C(C)(C)O1. The number of rotatable bonds is 6. The van der Waals surface area contributed by atoms with Crippen LogP contribution in [-0.2, 0) is 14.0 Å². The molecule has 1 aromatic carbocycles. The number of hydrogen-bond acceptors (Lipinski definition) is 8. The summed E-state index contributed by atoms with van der Waals surface area (Å²) >= 11 is 0. The number of aromatic nitrogens is 2. The zero-order chi connectivity index (χ0) is 22.4. The Labute approximate surface area is 183 Å². The quantitative estimate of drug-likeness (QED) is 0.540. The third-order valence-electron chi connectivity index (χ3n) is 6.11. The molecule has 4 rings (SSSR count). The Morgan fingerprint density at radius 2 is 1.87 bits per heavy atom. The average Bonchev–Trinajstić information content (AvgIpc) is 3.49. The second kappa shape index (κ2) is 7.80. The zero-order valence-electron chi connectivity index (χ0n) is 18.9. The highest BCUT2D eigenvalue weighted by molar-refractivity contribution is 6.63. The maximum atomic E-state index is 12.5. The Balaban J connectivity index is 1.61. The van der Waals surface area contributed by atoms with Crippen LogP contribution in [0.15, 0.2) is 24.4 Å². The van der Waals surface area contributed by atoms with Crippen molar-refractivity contribution in [2.45, 2.75) is 64.7 Å². The summed E-state index contributed by atoms with van der Waals surface area (Å²) in [5.41, 5.74) is 1.63. The fourth-order valence-corrected chi connectivity index (χ4v) is 3.29. The number of benzene rings is 1. The lowest BCUT2D eigenvalue weighted by Crippen LogP contribution is -2.41. The molecular weight excluding hydrogens is 395 g/mol. The van der Waals surface area contributed by atoms with Gasteiger partial charge in [-0.15, -0.1) is 0 Å². The normalized spacial score (nSPS) is 19.2. The summed E-state index contributed by atoms with van der Waals surface area (Å²) < 4.78 is 17.3. The molecule has 9 heteroatoms. The van der Waals surface area contributed by atoms with Crippen LogP contribution in [0.25, 0.3) is 0 Å². The Morgan fingerprint density at radius 1 is 1.19 bits per heavy atom. The number of carbonyl (C=O) groups excluding carboxylic acids is 1.